The summed E-state index contributed by atoms with van der Waals surface area (Å²) in [6.45, 7) is 6.14. The molecule has 0 unspecified atom stereocenters. The molecule has 2 rings (SSSR count). The van der Waals surface area contributed by atoms with Gasteiger partial charge in [0.05, 0.1) is 11.8 Å². The predicted molar refractivity (Wildman–Crippen MR) is 77.8 cm³/mol. The zero-order valence-electron chi connectivity index (χ0n) is 12.0. The molecule has 0 spiro atoms. The maximum atomic E-state index is 12.7. The van der Waals surface area contributed by atoms with Gasteiger partial charge in [-0.05, 0) is 32.4 Å². The monoisotopic (exact) mass is 273 g/mol. The summed E-state index contributed by atoms with van der Waals surface area (Å²) >= 11 is 0. The summed E-state index contributed by atoms with van der Waals surface area (Å²) in [6, 6.07) is 7.43. The number of amides is 1. The van der Waals surface area contributed by atoms with Crippen molar-refractivity contribution in [3.8, 4) is 0 Å². The predicted octanol–water partition coefficient (Wildman–Crippen LogP) is 2.73. The zero-order chi connectivity index (χ0) is 14.9. The Hall–Kier alpha value is -2.10. The van der Waals surface area contributed by atoms with Gasteiger partial charge in [-0.3, -0.25) is 9.59 Å². The molecule has 4 heteroatoms. The van der Waals surface area contributed by atoms with E-state index < -0.39 is 11.4 Å². The van der Waals surface area contributed by atoms with Gasteiger partial charge in [0, 0.05) is 12.2 Å². The zero-order valence-corrected chi connectivity index (χ0v) is 12.0. The van der Waals surface area contributed by atoms with E-state index in [4.69, 9.17) is 5.11 Å². The lowest BCUT2D eigenvalue weighted by atomic mass is 9.81. The summed E-state index contributed by atoms with van der Waals surface area (Å²) in [7, 11) is 0. The second-order valence-corrected chi connectivity index (χ2v) is 5.62. The molecule has 1 heterocycles. The van der Waals surface area contributed by atoms with Crippen molar-refractivity contribution in [3.05, 3.63) is 41.5 Å². The maximum absolute atomic E-state index is 12.7. The van der Waals surface area contributed by atoms with Crippen LogP contribution in [0.15, 0.2) is 35.9 Å². The lowest BCUT2D eigenvalue weighted by Gasteiger charge is -2.22. The molecule has 0 saturated carbocycles. The number of hydrogen-bond acceptors (Lipinski definition) is 2. The number of nitrogens with zero attached hydrogens (tertiary/aromatic N) is 1. The summed E-state index contributed by atoms with van der Waals surface area (Å²) < 4.78 is 0. The molecular weight excluding hydrogens is 254 g/mol. The SMILES string of the molecule is CC(C)=CCN1C(=O)[C@](C)(CC(=O)O)c2ccccc21. The van der Waals surface area contributed by atoms with Crippen molar-refractivity contribution in [1.82, 2.24) is 0 Å². The number of carbonyl (C=O) groups excluding carboxylic acids is 1. The lowest BCUT2D eigenvalue weighted by Crippen LogP contribution is -2.39. The van der Waals surface area contributed by atoms with Gasteiger partial charge in [0.2, 0.25) is 5.91 Å². The number of carboxylic acid groups (broad SMARTS) is 1. The number of fused-ring (bicyclic) bond motifs is 1. The first-order valence-electron chi connectivity index (χ1n) is 6.63. The van der Waals surface area contributed by atoms with E-state index in [9.17, 15) is 9.59 Å². The van der Waals surface area contributed by atoms with Crippen LogP contribution < -0.4 is 4.90 Å². The number of aliphatic carboxylic acids is 1. The van der Waals surface area contributed by atoms with Gasteiger partial charge in [-0.1, -0.05) is 29.8 Å². The Balaban J connectivity index is 2.46. The van der Waals surface area contributed by atoms with Crippen LogP contribution in [-0.4, -0.2) is 23.5 Å². The maximum Gasteiger partial charge on any atom is 0.304 e. The van der Waals surface area contributed by atoms with Crippen LogP contribution in [0.25, 0.3) is 0 Å². The van der Waals surface area contributed by atoms with Crippen molar-refractivity contribution in [2.75, 3.05) is 11.4 Å². The Morgan fingerprint density at radius 3 is 2.60 bits per heavy atom. The normalized spacial score (nSPS) is 20.8. The Morgan fingerprint density at radius 1 is 1.35 bits per heavy atom. The molecule has 1 aliphatic rings. The van der Waals surface area contributed by atoms with Gasteiger partial charge >= 0.3 is 5.97 Å². The van der Waals surface area contributed by atoms with E-state index in [-0.39, 0.29) is 12.3 Å². The van der Waals surface area contributed by atoms with Crippen molar-refractivity contribution < 1.29 is 14.7 Å². The standard InChI is InChI=1S/C16H19NO3/c1-11(2)8-9-17-13-7-5-4-6-12(13)16(3,15(17)20)10-14(18)19/h4-8H,9-10H2,1-3H3,(H,18,19)/t16-/m1/s1. The van der Waals surface area contributed by atoms with E-state index in [0.29, 0.717) is 6.54 Å². The summed E-state index contributed by atoms with van der Waals surface area (Å²) in [5.74, 6) is -1.10. The molecule has 0 aromatic heterocycles. The van der Waals surface area contributed by atoms with E-state index in [0.717, 1.165) is 16.8 Å². The average molecular weight is 273 g/mol. The van der Waals surface area contributed by atoms with E-state index in [1.54, 1.807) is 11.8 Å². The largest absolute Gasteiger partial charge is 0.481 e. The molecule has 0 aliphatic carbocycles. The van der Waals surface area contributed by atoms with Crippen LogP contribution in [0.1, 0.15) is 32.8 Å². The Morgan fingerprint density at radius 2 is 2.00 bits per heavy atom. The molecule has 1 N–H and O–H groups in total. The molecule has 20 heavy (non-hydrogen) atoms. The summed E-state index contributed by atoms with van der Waals surface area (Å²) in [4.78, 5) is 25.4. The minimum absolute atomic E-state index is 0.140. The number of carbonyl (C=O) groups is 2. The van der Waals surface area contributed by atoms with Crippen molar-refractivity contribution in [3.63, 3.8) is 0 Å². The Bertz CT molecular complexity index is 587. The number of hydrogen-bond donors (Lipinski definition) is 1. The fraction of sp³-hybridized carbons (Fsp3) is 0.375. The fourth-order valence-electron chi connectivity index (χ4n) is 2.63. The average Bonchev–Trinajstić information content (AvgIpc) is 2.57. The van der Waals surface area contributed by atoms with Gasteiger partial charge in [-0.15, -0.1) is 0 Å². The molecule has 0 saturated heterocycles. The molecule has 1 aromatic carbocycles. The second kappa shape index (κ2) is 5.12. The van der Waals surface area contributed by atoms with Gasteiger partial charge in [-0.25, -0.2) is 0 Å². The smallest absolute Gasteiger partial charge is 0.304 e. The third kappa shape index (κ3) is 2.33. The third-order valence-electron chi connectivity index (χ3n) is 3.69. The van der Waals surface area contributed by atoms with E-state index in [2.05, 4.69) is 0 Å². The number of benzene rings is 1. The highest BCUT2D eigenvalue weighted by atomic mass is 16.4. The molecule has 1 aliphatic heterocycles. The number of para-hydroxylation sites is 1. The molecule has 1 aromatic rings. The summed E-state index contributed by atoms with van der Waals surface area (Å²) in [6.07, 6.45) is 1.79. The summed E-state index contributed by atoms with van der Waals surface area (Å²) in [5.41, 5.74) is 1.77. The van der Waals surface area contributed by atoms with Gasteiger partial charge < -0.3 is 10.0 Å². The van der Waals surface area contributed by atoms with Crippen molar-refractivity contribution >= 4 is 17.6 Å². The van der Waals surface area contributed by atoms with E-state index in [1.165, 1.54) is 0 Å². The third-order valence-corrected chi connectivity index (χ3v) is 3.69. The molecule has 106 valence electrons. The van der Waals surface area contributed by atoms with E-state index >= 15 is 0 Å². The Kier molecular flexibility index (Phi) is 3.66. The second-order valence-electron chi connectivity index (χ2n) is 5.62. The number of anilines is 1. The molecule has 4 nitrogen and oxygen atoms in total. The minimum Gasteiger partial charge on any atom is -0.481 e. The van der Waals surface area contributed by atoms with Gasteiger partial charge in [0.1, 0.15) is 0 Å². The van der Waals surface area contributed by atoms with Crippen molar-refractivity contribution in [1.29, 1.82) is 0 Å². The fourth-order valence-corrected chi connectivity index (χ4v) is 2.63. The van der Waals surface area contributed by atoms with Gasteiger partial charge in [0.15, 0.2) is 0 Å². The molecule has 1 atom stereocenters. The topological polar surface area (TPSA) is 57.6 Å². The quantitative estimate of drug-likeness (QED) is 0.858. The van der Waals surface area contributed by atoms with Crippen molar-refractivity contribution in [2.24, 2.45) is 0 Å². The molecule has 0 bridgehead atoms. The summed E-state index contributed by atoms with van der Waals surface area (Å²) in [5, 5.41) is 9.10. The van der Waals surface area contributed by atoms with Crippen LogP contribution in [-0.2, 0) is 15.0 Å². The molecule has 0 radical (unpaired) electrons. The van der Waals surface area contributed by atoms with Crippen LogP contribution in [0.4, 0.5) is 5.69 Å². The highest BCUT2D eigenvalue weighted by Crippen LogP contribution is 2.43. The molecule has 0 fully saturated rings. The van der Waals surface area contributed by atoms with Crippen LogP contribution in [0.2, 0.25) is 0 Å². The van der Waals surface area contributed by atoms with Gasteiger partial charge in [-0.2, -0.15) is 0 Å². The number of rotatable bonds is 4. The van der Waals surface area contributed by atoms with Crippen LogP contribution in [0.5, 0.6) is 0 Å². The number of allylic oxidation sites excluding steroid dienone is 1. The van der Waals surface area contributed by atoms with Crippen molar-refractivity contribution in [2.45, 2.75) is 32.6 Å². The first kappa shape index (κ1) is 14.3. The van der Waals surface area contributed by atoms with Gasteiger partial charge in [0.25, 0.3) is 0 Å². The van der Waals surface area contributed by atoms with E-state index in [1.807, 2.05) is 44.2 Å². The minimum atomic E-state index is -0.974. The lowest BCUT2D eigenvalue weighted by molar-refractivity contribution is -0.141. The molecular formula is C16H19NO3. The Labute approximate surface area is 118 Å². The molecule has 1 amide bonds. The van der Waals surface area contributed by atoms with Crippen LogP contribution in [0, 0.1) is 0 Å². The van der Waals surface area contributed by atoms with Crippen LogP contribution >= 0.6 is 0 Å². The highest BCUT2D eigenvalue weighted by molar-refractivity contribution is 6.09. The van der Waals surface area contributed by atoms with Crippen LogP contribution in [0.3, 0.4) is 0 Å². The number of carboxylic acids is 1. The first-order valence-corrected chi connectivity index (χ1v) is 6.63. The first-order chi connectivity index (χ1) is 9.36. The highest BCUT2D eigenvalue weighted by Gasteiger charge is 2.48.